The van der Waals surface area contributed by atoms with E-state index in [1.54, 1.807) is 0 Å². The fraction of sp³-hybridized carbons (Fsp3) is 0.333. The van der Waals surface area contributed by atoms with Gasteiger partial charge in [0.1, 0.15) is 12.1 Å². The van der Waals surface area contributed by atoms with Crippen LogP contribution < -0.4 is 5.73 Å². The number of aliphatic carboxylic acids is 2. The molecule has 0 saturated heterocycles. The number of carboxylic acid groups (broad SMARTS) is 2. The molecule has 122 valence electrons. The van der Waals surface area contributed by atoms with Gasteiger partial charge in [0.15, 0.2) is 0 Å². The Hall–Kier alpha value is -1.78. The van der Waals surface area contributed by atoms with Gasteiger partial charge in [-0.3, -0.25) is 19.3 Å². The van der Waals surface area contributed by atoms with Gasteiger partial charge in [0, 0.05) is 11.5 Å². The van der Waals surface area contributed by atoms with Crippen molar-refractivity contribution in [2.75, 3.05) is 11.5 Å². The molecule has 0 aromatic heterocycles. The predicted octanol–water partition coefficient (Wildman–Crippen LogP) is -0.0399. The Morgan fingerprint density at radius 2 is 1.45 bits per heavy atom. The predicted molar refractivity (Wildman–Crippen MR) is 84.2 cm³/mol. The molecule has 0 spiro atoms. The van der Waals surface area contributed by atoms with Crippen molar-refractivity contribution < 1.29 is 29.4 Å². The summed E-state index contributed by atoms with van der Waals surface area (Å²) in [6, 6.07) is -2.50. The lowest BCUT2D eigenvalue weighted by atomic mass is 10.2. The summed E-state index contributed by atoms with van der Waals surface area (Å²) in [5.41, 5.74) is 5.30. The maximum Gasteiger partial charge on any atom is 0.327 e. The van der Waals surface area contributed by atoms with Crippen LogP contribution in [0.15, 0.2) is 25.3 Å². The van der Waals surface area contributed by atoms with Crippen molar-refractivity contribution in [2.45, 2.75) is 12.1 Å². The second-order valence-electron chi connectivity index (χ2n) is 3.82. The Kier molecular flexibility index (Phi) is 9.22. The molecule has 0 aromatic carbocycles. The molecule has 2 unspecified atom stereocenters. The number of rotatable bonds is 10. The SMILES string of the molecule is C=CC(=O)N(C(=O)C=C)C(CSSCC(N)C(=O)O)C(=O)O. The van der Waals surface area contributed by atoms with Gasteiger partial charge >= 0.3 is 11.9 Å². The van der Waals surface area contributed by atoms with Gasteiger partial charge in [-0.1, -0.05) is 34.7 Å². The van der Waals surface area contributed by atoms with Crippen LogP contribution in [-0.2, 0) is 19.2 Å². The molecule has 0 bridgehead atoms. The average Bonchev–Trinajstić information content (AvgIpc) is 2.48. The second-order valence-corrected chi connectivity index (χ2v) is 6.37. The molecule has 0 fully saturated rings. The number of amides is 2. The van der Waals surface area contributed by atoms with Crippen molar-refractivity contribution in [3.05, 3.63) is 25.3 Å². The number of carboxylic acids is 2. The fourth-order valence-electron chi connectivity index (χ4n) is 1.17. The van der Waals surface area contributed by atoms with Gasteiger partial charge in [0.2, 0.25) is 0 Å². The van der Waals surface area contributed by atoms with Crippen molar-refractivity contribution in [3.8, 4) is 0 Å². The Morgan fingerprint density at radius 1 is 1.00 bits per heavy atom. The van der Waals surface area contributed by atoms with Crippen molar-refractivity contribution in [2.24, 2.45) is 5.73 Å². The number of hydrogen-bond donors (Lipinski definition) is 3. The molecule has 0 aliphatic heterocycles. The number of nitrogens with zero attached hydrogens (tertiary/aromatic N) is 1. The van der Waals surface area contributed by atoms with Gasteiger partial charge in [-0.2, -0.15) is 0 Å². The van der Waals surface area contributed by atoms with E-state index in [9.17, 15) is 24.3 Å². The minimum absolute atomic E-state index is 0.0527. The Morgan fingerprint density at radius 3 is 1.82 bits per heavy atom. The van der Waals surface area contributed by atoms with E-state index < -0.39 is 35.8 Å². The molecule has 22 heavy (non-hydrogen) atoms. The van der Waals surface area contributed by atoms with Gasteiger partial charge in [-0.25, -0.2) is 4.79 Å². The largest absolute Gasteiger partial charge is 0.480 e. The van der Waals surface area contributed by atoms with Crippen molar-refractivity contribution in [1.29, 1.82) is 0 Å². The monoisotopic (exact) mass is 348 g/mol. The molecule has 8 nitrogen and oxygen atoms in total. The molecule has 0 aromatic rings. The summed E-state index contributed by atoms with van der Waals surface area (Å²) in [4.78, 5) is 45.6. The van der Waals surface area contributed by atoms with Crippen LogP contribution in [0.4, 0.5) is 0 Å². The lowest BCUT2D eigenvalue weighted by Gasteiger charge is -2.24. The highest BCUT2D eigenvalue weighted by molar-refractivity contribution is 8.76. The first-order chi connectivity index (χ1) is 10.3. The van der Waals surface area contributed by atoms with Crippen LogP contribution >= 0.6 is 21.6 Å². The molecule has 0 aliphatic carbocycles. The topological polar surface area (TPSA) is 138 Å². The van der Waals surface area contributed by atoms with Crippen LogP contribution in [0.2, 0.25) is 0 Å². The molecule has 0 saturated carbocycles. The van der Waals surface area contributed by atoms with E-state index in [1.807, 2.05) is 0 Å². The number of carbonyl (C=O) groups is 4. The van der Waals surface area contributed by atoms with Gasteiger partial charge in [-0.05, 0) is 12.2 Å². The van der Waals surface area contributed by atoms with E-state index in [4.69, 9.17) is 10.8 Å². The third kappa shape index (κ3) is 6.33. The molecule has 0 aliphatic rings. The maximum absolute atomic E-state index is 11.7. The molecular formula is C12H16N2O6S2. The van der Waals surface area contributed by atoms with E-state index in [0.717, 1.165) is 33.7 Å². The van der Waals surface area contributed by atoms with Gasteiger partial charge in [-0.15, -0.1) is 0 Å². The summed E-state index contributed by atoms with van der Waals surface area (Å²) < 4.78 is 0. The number of nitrogens with two attached hydrogens (primary N) is 1. The Balaban J connectivity index is 4.82. The van der Waals surface area contributed by atoms with Gasteiger partial charge in [0.25, 0.3) is 11.8 Å². The minimum atomic E-state index is -1.42. The summed E-state index contributed by atoms with van der Waals surface area (Å²) in [6.07, 6.45) is 1.66. The highest BCUT2D eigenvalue weighted by atomic mass is 33.1. The molecular weight excluding hydrogens is 332 g/mol. The van der Waals surface area contributed by atoms with E-state index in [0.29, 0.717) is 4.90 Å². The maximum atomic E-state index is 11.7. The third-order valence-corrected chi connectivity index (χ3v) is 4.73. The highest BCUT2D eigenvalue weighted by Crippen LogP contribution is 2.24. The molecule has 2 atom stereocenters. The third-order valence-electron chi connectivity index (χ3n) is 2.29. The Bertz CT molecular complexity index is 462. The first-order valence-corrected chi connectivity index (χ1v) is 8.32. The van der Waals surface area contributed by atoms with E-state index in [-0.39, 0.29) is 11.5 Å². The van der Waals surface area contributed by atoms with Crippen LogP contribution in [0.25, 0.3) is 0 Å². The molecule has 2 amide bonds. The Labute approximate surface area is 134 Å². The van der Waals surface area contributed by atoms with Crippen molar-refractivity contribution in [1.82, 2.24) is 4.90 Å². The van der Waals surface area contributed by atoms with Crippen LogP contribution in [-0.4, -0.2) is 62.5 Å². The molecule has 0 heterocycles. The fourth-order valence-corrected chi connectivity index (χ4v) is 3.48. The summed E-state index contributed by atoms with van der Waals surface area (Å²) in [5, 5.41) is 17.8. The molecule has 0 rings (SSSR count). The van der Waals surface area contributed by atoms with Gasteiger partial charge < -0.3 is 15.9 Å². The standard InChI is InChI=1S/C12H16N2O6S2/c1-3-9(15)14(10(16)4-2)8(12(19)20)6-22-21-5-7(13)11(17)18/h3-4,7-8H,1-2,5-6,13H2,(H,17,18)(H,19,20). The highest BCUT2D eigenvalue weighted by Gasteiger charge is 2.32. The molecule has 0 radical (unpaired) electrons. The van der Waals surface area contributed by atoms with Crippen LogP contribution in [0.5, 0.6) is 0 Å². The first-order valence-electron chi connectivity index (χ1n) is 5.83. The molecule has 10 heteroatoms. The summed E-state index contributed by atoms with van der Waals surface area (Å²) >= 11 is 0. The lowest BCUT2D eigenvalue weighted by molar-refractivity contribution is -0.153. The zero-order valence-electron chi connectivity index (χ0n) is 11.5. The van der Waals surface area contributed by atoms with E-state index in [1.165, 1.54) is 0 Å². The molecule has 4 N–H and O–H groups in total. The normalized spacial score (nSPS) is 12.8. The summed E-state index contributed by atoms with van der Waals surface area (Å²) in [7, 11) is 2.04. The van der Waals surface area contributed by atoms with Crippen LogP contribution in [0.3, 0.4) is 0 Å². The number of hydrogen-bond acceptors (Lipinski definition) is 7. The lowest BCUT2D eigenvalue weighted by Crippen LogP contribution is -2.48. The first kappa shape index (κ1) is 20.2. The zero-order chi connectivity index (χ0) is 17.3. The van der Waals surface area contributed by atoms with E-state index in [2.05, 4.69) is 13.2 Å². The van der Waals surface area contributed by atoms with Crippen LogP contribution in [0.1, 0.15) is 0 Å². The average molecular weight is 348 g/mol. The quantitative estimate of drug-likeness (QED) is 0.282. The number of carbonyl (C=O) groups excluding carboxylic acids is 2. The zero-order valence-corrected chi connectivity index (χ0v) is 13.1. The van der Waals surface area contributed by atoms with E-state index >= 15 is 0 Å². The summed E-state index contributed by atoms with van der Waals surface area (Å²) in [5.74, 6) is -4.34. The minimum Gasteiger partial charge on any atom is -0.480 e. The number of imide groups is 1. The van der Waals surface area contributed by atoms with Crippen molar-refractivity contribution in [3.63, 3.8) is 0 Å². The smallest absolute Gasteiger partial charge is 0.327 e. The second kappa shape index (κ2) is 10.0. The van der Waals surface area contributed by atoms with Crippen molar-refractivity contribution >= 4 is 45.3 Å². The summed E-state index contributed by atoms with van der Waals surface area (Å²) in [6.45, 7) is 6.43. The van der Waals surface area contributed by atoms with Crippen LogP contribution in [0, 0.1) is 0 Å². The van der Waals surface area contributed by atoms with Gasteiger partial charge in [0.05, 0.1) is 0 Å².